The van der Waals surface area contributed by atoms with Crippen LogP contribution in [0.15, 0.2) is 30.6 Å². The second-order valence-electron chi connectivity index (χ2n) is 4.59. The third-order valence-corrected chi connectivity index (χ3v) is 3.35. The van der Waals surface area contributed by atoms with Gasteiger partial charge in [-0.3, -0.25) is 0 Å². The van der Waals surface area contributed by atoms with Crippen LogP contribution in [0, 0.1) is 0 Å². The quantitative estimate of drug-likeness (QED) is 0.790. The van der Waals surface area contributed by atoms with Crippen molar-refractivity contribution in [2.45, 2.75) is 19.1 Å². The minimum Gasteiger partial charge on any atom is -0.463 e. The van der Waals surface area contributed by atoms with Crippen molar-refractivity contribution >= 4 is 5.97 Å². The number of rotatable bonds is 3. The van der Waals surface area contributed by atoms with Gasteiger partial charge >= 0.3 is 5.97 Å². The average molecular weight is 273 g/mol. The maximum absolute atomic E-state index is 11.3. The zero-order chi connectivity index (χ0) is 13.9. The summed E-state index contributed by atoms with van der Waals surface area (Å²) >= 11 is 0. The zero-order valence-electron chi connectivity index (χ0n) is 11.2. The Labute approximate surface area is 116 Å². The van der Waals surface area contributed by atoms with Gasteiger partial charge in [-0.15, -0.1) is 5.10 Å². The van der Waals surface area contributed by atoms with Crippen LogP contribution in [-0.2, 0) is 22.4 Å². The van der Waals surface area contributed by atoms with Crippen LogP contribution in [0.1, 0.15) is 27.8 Å². The minimum absolute atomic E-state index is 0.0628. The molecule has 0 spiro atoms. The van der Waals surface area contributed by atoms with Crippen molar-refractivity contribution in [2.24, 2.45) is 0 Å². The molecule has 0 N–H and O–H groups in total. The summed E-state index contributed by atoms with van der Waals surface area (Å²) in [7, 11) is 1.31. The standard InChI is InChI=1S/C14H15N3O3/c1-19-14(18)13-15-9-17(16-13)8-12-11-5-3-2-4-10(11)6-7-20-12/h2-5,9,12H,6-8H2,1H3. The van der Waals surface area contributed by atoms with Crippen LogP contribution in [0.3, 0.4) is 0 Å². The average Bonchev–Trinajstić information content (AvgIpc) is 2.95. The molecule has 0 saturated heterocycles. The summed E-state index contributed by atoms with van der Waals surface area (Å²) in [5.41, 5.74) is 2.48. The van der Waals surface area contributed by atoms with Gasteiger partial charge in [-0.05, 0) is 17.5 Å². The predicted molar refractivity (Wildman–Crippen MR) is 70.2 cm³/mol. The Bertz CT molecular complexity index is 624. The monoisotopic (exact) mass is 273 g/mol. The van der Waals surface area contributed by atoms with E-state index in [0.29, 0.717) is 13.2 Å². The van der Waals surface area contributed by atoms with Crippen LogP contribution in [0.4, 0.5) is 0 Å². The molecule has 1 aromatic carbocycles. The normalized spacial score (nSPS) is 17.6. The van der Waals surface area contributed by atoms with Gasteiger partial charge in [-0.25, -0.2) is 14.5 Å². The van der Waals surface area contributed by atoms with Gasteiger partial charge in [0.15, 0.2) is 0 Å². The molecule has 1 atom stereocenters. The molecule has 0 fully saturated rings. The Morgan fingerprint density at radius 3 is 3.20 bits per heavy atom. The van der Waals surface area contributed by atoms with E-state index in [1.165, 1.54) is 24.6 Å². The lowest BCUT2D eigenvalue weighted by Gasteiger charge is -2.25. The van der Waals surface area contributed by atoms with E-state index in [0.717, 1.165) is 6.42 Å². The van der Waals surface area contributed by atoms with Gasteiger partial charge in [0.1, 0.15) is 12.4 Å². The van der Waals surface area contributed by atoms with Gasteiger partial charge in [-0.1, -0.05) is 24.3 Å². The van der Waals surface area contributed by atoms with Crippen molar-refractivity contribution in [1.29, 1.82) is 0 Å². The van der Waals surface area contributed by atoms with E-state index < -0.39 is 5.97 Å². The summed E-state index contributed by atoms with van der Waals surface area (Å²) < 4.78 is 12.0. The van der Waals surface area contributed by atoms with Crippen molar-refractivity contribution in [3.63, 3.8) is 0 Å². The van der Waals surface area contributed by atoms with Gasteiger partial charge in [0.2, 0.25) is 0 Å². The van der Waals surface area contributed by atoms with E-state index >= 15 is 0 Å². The van der Waals surface area contributed by atoms with Crippen LogP contribution in [0.2, 0.25) is 0 Å². The lowest BCUT2D eigenvalue weighted by atomic mass is 9.98. The van der Waals surface area contributed by atoms with Crippen molar-refractivity contribution in [3.05, 3.63) is 47.5 Å². The molecule has 1 aliphatic rings. The summed E-state index contributed by atoms with van der Waals surface area (Å²) in [5, 5.41) is 4.10. The first-order valence-electron chi connectivity index (χ1n) is 6.45. The number of carbonyl (C=O) groups is 1. The van der Waals surface area contributed by atoms with Crippen LogP contribution < -0.4 is 0 Å². The maximum Gasteiger partial charge on any atom is 0.377 e. The molecule has 1 unspecified atom stereocenters. The number of nitrogens with zero attached hydrogens (tertiary/aromatic N) is 3. The third-order valence-electron chi connectivity index (χ3n) is 3.35. The lowest BCUT2D eigenvalue weighted by Crippen LogP contribution is -2.21. The number of methoxy groups -OCH3 is 1. The molecule has 2 heterocycles. The number of benzene rings is 1. The summed E-state index contributed by atoms with van der Waals surface area (Å²) in [4.78, 5) is 15.3. The molecule has 0 saturated carbocycles. The lowest BCUT2D eigenvalue weighted by molar-refractivity contribution is 0.0280. The topological polar surface area (TPSA) is 66.2 Å². The Hall–Kier alpha value is -2.21. The van der Waals surface area contributed by atoms with Crippen molar-refractivity contribution in [3.8, 4) is 0 Å². The number of fused-ring (bicyclic) bond motifs is 1. The Kier molecular flexibility index (Phi) is 3.47. The van der Waals surface area contributed by atoms with Gasteiger partial charge in [0.05, 0.1) is 20.3 Å². The first-order valence-corrected chi connectivity index (χ1v) is 6.45. The molecule has 6 nitrogen and oxygen atoms in total. The fourth-order valence-corrected chi connectivity index (χ4v) is 2.37. The Morgan fingerprint density at radius 1 is 1.50 bits per heavy atom. The van der Waals surface area contributed by atoms with E-state index in [2.05, 4.69) is 27.0 Å². The molecule has 3 rings (SSSR count). The van der Waals surface area contributed by atoms with Crippen LogP contribution in [0.5, 0.6) is 0 Å². The Morgan fingerprint density at radius 2 is 2.35 bits per heavy atom. The van der Waals surface area contributed by atoms with E-state index in [1.54, 1.807) is 4.68 Å². The van der Waals surface area contributed by atoms with Crippen molar-refractivity contribution < 1.29 is 14.3 Å². The number of hydrogen-bond acceptors (Lipinski definition) is 5. The highest BCUT2D eigenvalue weighted by Gasteiger charge is 2.22. The fourth-order valence-electron chi connectivity index (χ4n) is 2.37. The largest absolute Gasteiger partial charge is 0.463 e. The van der Waals surface area contributed by atoms with E-state index in [1.807, 2.05) is 12.1 Å². The van der Waals surface area contributed by atoms with Crippen molar-refractivity contribution in [2.75, 3.05) is 13.7 Å². The SMILES string of the molecule is COC(=O)c1ncn(CC2OCCc3ccccc32)n1. The molecule has 0 radical (unpaired) electrons. The predicted octanol–water partition coefficient (Wildman–Crippen LogP) is 1.38. The molecule has 1 aliphatic heterocycles. The van der Waals surface area contributed by atoms with Gasteiger partial charge in [-0.2, -0.15) is 0 Å². The second-order valence-corrected chi connectivity index (χ2v) is 4.59. The Balaban J connectivity index is 1.79. The van der Waals surface area contributed by atoms with Crippen LogP contribution in [-0.4, -0.2) is 34.5 Å². The zero-order valence-corrected chi connectivity index (χ0v) is 11.2. The molecule has 0 aliphatic carbocycles. The molecule has 0 bridgehead atoms. The van der Waals surface area contributed by atoms with E-state index in [4.69, 9.17) is 4.74 Å². The molecular formula is C14H15N3O3. The first kappa shape index (κ1) is 12.8. The highest BCUT2D eigenvalue weighted by Crippen LogP contribution is 2.27. The fraction of sp³-hybridized carbons (Fsp3) is 0.357. The second kappa shape index (κ2) is 5.42. The smallest absolute Gasteiger partial charge is 0.377 e. The van der Waals surface area contributed by atoms with E-state index in [9.17, 15) is 4.79 Å². The summed E-state index contributed by atoms with van der Waals surface area (Å²) in [6.07, 6.45) is 2.39. The summed E-state index contributed by atoms with van der Waals surface area (Å²) in [5.74, 6) is -0.467. The summed E-state index contributed by atoms with van der Waals surface area (Å²) in [6, 6.07) is 8.22. The third kappa shape index (κ3) is 2.42. The summed E-state index contributed by atoms with van der Waals surface area (Å²) in [6.45, 7) is 1.22. The molecule has 0 amide bonds. The molecule has 20 heavy (non-hydrogen) atoms. The number of hydrogen-bond donors (Lipinski definition) is 0. The van der Waals surface area contributed by atoms with Gasteiger partial charge < -0.3 is 9.47 Å². The number of ether oxygens (including phenoxy) is 2. The highest BCUT2D eigenvalue weighted by molar-refractivity contribution is 5.84. The van der Waals surface area contributed by atoms with Gasteiger partial charge in [0, 0.05) is 0 Å². The number of aromatic nitrogens is 3. The molecule has 2 aromatic rings. The number of carbonyl (C=O) groups excluding carboxylic acids is 1. The molecule has 6 heteroatoms. The molecule has 104 valence electrons. The van der Waals surface area contributed by atoms with Crippen LogP contribution >= 0.6 is 0 Å². The van der Waals surface area contributed by atoms with Crippen molar-refractivity contribution in [1.82, 2.24) is 14.8 Å². The van der Waals surface area contributed by atoms with E-state index in [-0.39, 0.29) is 11.9 Å². The number of esters is 1. The first-order chi connectivity index (χ1) is 9.78. The van der Waals surface area contributed by atoms with Gasteiger partial charge in [0.25, 0.3) is 5.82 Å². The maximum atomic E-state index is 11.3. The molecular weight excluding hydrogens is 258 g/mol. The van der Waals surface area contributed by atoms with Crippen LogP contribution in [0.25, 0.3) is 0 Å². The molecule has 1 aromatic heterocycles. The highest BCUT2D eigenvalue weighted by atomic mass is 16.5. The minimum atomic E-state index is -0.534.